The first kappa shape index (κ1) is 24.6. The number of carbonyl (C=O) groups excluding carboxylic acids is 1. The van der Waals surface area contributed by atoms with Crippen LogP contribution in [0.15, 0.2) is 48.8 Å². The molecule has 166 valence electrons. The predicted octanol–water partition coefficient (Wildman–Crippen LogP) is 3.75. The number of amides is 1. The van der Waals surface area contributed by atoms with Crippen LogP contribution >= 0.6 is 12.4 Å². The molecule has 0 saturated carbocycles. The Kier molecular flexibility index (Phi) is 8.77. The van der Waals surface area contributed by atoms with E-state index in [4.69, 9.17) is 5.10 Å². The fraction of sp³-hybridized carbons (Fsp3) is 0.375. The molecule has 3 aromatic rings. The number of benzene rings is 1. The van der Waals surface area contributed by atoms with E-state index in [0.29, 0.717) is 19.5 Å². The van der Waals surface area contributed by atoms with Crippen LogP contribution in [0.25, 0.3) is 5.69 Å². The van der Waals surface area contributed by atoms with Crippen molar-refractivity contribution in [3.63, 3.8) is 0 Å². The lowest BCUT2D eigenvalue weighted by atomic mass is 10.1. The van der Waals surface area contributed by atoms with Crippen LogP contribution in [0.1, 0.15) is 28.1 Å². The quantitative estimate of drug-likeness (QED) is 0.534. The molecule has 1 aromatic carbocycles. The van der Waals surface area contributed by atoms with Crippen LogP contribution in [0.4, 0.5) is 0 Å². The van der Waals surface area contributed by atoms with Gasteiger partial charge in [-0.05, 0) is 58.1 Å². The molecule has 6 nitrogen and oxygen atoms in total. The number of pyridine rings is 1. The Bertz CT molecular complexity index is 1000. The summed E-state index contributed by atoms with van der Waals surface area (Å²) in [6.07, 6.45) is 3.92. The van der Waals surface area contributed by atoms with Crippen molar-refractivity contribution < 1.29 is 4.79 Å². The number of likely N-dealkylation sites (N-methyl/N-ethyl adjacent to an activating group) is 1. The van der Waals surface area contributed by atoms with E-state index < -0.39 is 0 Å². The molecule has 0 radical (unpaired) electrons. The van der Waals surface area contributed by atoms with Crippen LogP contribution in [0.3, 0.4) is 0 Å². The van der Waals surface area contributed by atoms with Crippen molar-refractivity contribution in [2.45, 2.75) is 33.7 Å². The van der Waals surface area contributed by atoms with Gasteiger partial charge in [0.25, 0.3) is 0 Å². The second-order valence-corrected chi connectivity index (χ2v) is 8.00. The topological polar surface area (TPSA) is 54.3 Å². The number of para-hydroxylation sites is 1. The van der Waals surface area contributed by atoms with Crippen molar-refractivity contribution in [1.29, 1.82) is 0 Å². The van der Waals surface area contributed by atoms with Gasteiger partial charge in [-0.25, -0.2) is 4.68 Å². The minimum absolute atomic E-state index is 0. The predicted molar refractivity (Wildman–Crippen MR) is 127 cm³/mol. The molecule has 0 N–H and O–H groups in total. The highest BCUT2D eigenvalue weighted by Gasteiger charge is 2.21. The first-order valence-electron chi connectivity index (χ1n) is 10.3. The van der Waals surface area contributed by atoms with E-state index in [0.717, 1.165) is 40.3 Å². The van der Waals surface area contributed by atoms with Gasteiger partial charge in [0, 0.05) is 43.3 Å². The summed E-state index contributed by atoms with van der Waals surface area (Å²) < 4.78 is 1.96. The van der Waals surface area contributed by atoms with Gasteiger partial charge < -0.3 is 9.80 Å². The van der Waals surface area contributed by atoms with E-state index in [1.54, 1.807) is 6.20 Å². The second-order valence-electron chi connectivity index (χ2n) is 8.00. The molecular weight excluding hydrogens is 410 g/mol. The molecule has 0 aliphatic rings. The lowest BCUT2D eigenvalue weighted by Gasteiger charge is -2.24. The van der Waals surface area contributed by atoms with Crippen molar-refractivity contribution in [3.05, 3.63) is 76.9 Å². The molecule has 0 fully saturated rings. The first-order chi connectivity index (χ1) is 14.4. The van der Waals surface area contributed by atoms with E-state index >= 15 is 0 Å². The Morgan fingerprint density at radius 3 is 2.42 bits per heavy atom. The van der Waals surface area contributed by atoms with Crippen LogP contribution in [0.5, 0.6) is 0 Å². The number of nitrogens with zero attached hydrogens (tertiary/aromatic N) is 5. The Labute approximate surface area is 191 Å². The third-order valence-corrected chi connectivity index (χ3v) is 5.38. The maximum Gasteiger partial charge on any atom is 0.227 e. The highest BCUT2D eigenvalue weighted by molar-refractivity contribution is 5.85. The number of hydrogen-bond donors (Lipinski definition) is 0. The normalized spacial score (nSPS) is 10.8. The van der Waals surface area contributed by atoms with Crippen molar-refractivity contribution in [2.75, 3.05) is 27.2 Å². The third kappa shape index (κ3) is 6.15. The second kappa shape index (κ2) is 11.1. The monoisotopic (exact) mass is 441 g/mol. The third-order valence-electron chi connectivity index (χ3n) is 5.38. The van der Waals surface area contributed by atoms with Gasteiger partial charge in [0.15, 0.2) is 0 Å². The Morgan fingerprint density at radius 2 is 1.77 bits per heavy atom. The van der Waals surface area contributed by atoms with Gasteiger partial charge in [-0.1, -0.05) is 24.3 Å². The number of rotatable bonds is 8. The summed E-state index contributed by atoms with van der Waals surface area (Å²) in [5, 5.41) is 4.74. The van der Waals surface area contributed by atoms with Gasteiger partial charge in [-0.2, -0.15) is 5.10 Å². The maximum atomic E-state index is 13.3. The van der Waals surface area contributed by atoms with Gasteiger partial charge in [-0.15, -0.1) is 12.4 Å². The van der Waals surface area contributed by atoms with Gasteiger partial charge >= 0.3 is 0 Å². The molecule has 31 heavy (non-hydrogen) atoms. The molecule has 2 aromatic heterocycles. The van der Waals surface area contributed by atoms with Crippen molar-refractivity contribution in [1.82, 2.24) is 24.6 Å². The molecule has 0 atom stereocenters. The molecular formula is C24H32ClN5O. The van der Waals surface area contributed by atoms with Crippen molar-refractivity contribution in [2.24, 2.45) is 0 Å². The van der Waals surface area contributed by atoms with Crippen LogP contribution < -0.4 is 0 Å². The molecule has 0 saturated heterocycles. The van der Waals surface area contributed by atoms with E-state index in [-0.39, 0.29) is 18.3 Å². The minimum atomic E-state index is 0. The summed E-state index contributed by atoms with van der Waals surface area (Å²) >= 11 is 0. The zero-order valence-corrected chi connectivity index (χ0v) is 19.8. The molecule has 0 aliphatic heterocycles. The van der Waals surface area contributed by atoms with E-state index in [9.17, 15) is 4.79 Å². The lowest BCUT2D eigenvalue weighted by molar-refractivity contribution is -0.131. The number of hydrogen-bond acceptors (Lipinski definition) is 4. The van der Waals surface area contributed by atoms with E-state index in [2.05, 4.69) is 28.9 Å². The van der Waals surface area contributed by atoms with Crippen molar-refractivity contribution >= 4 is 18.3 Å². The van der Waals surface area contributed by atoms with Crippen molar-refractivity contribution in [3.8, 4) is 5.69 Å². The fourth-order valence-corrected chi connectivity index (χ4v) is 3.55. The van der Waals surface area contributed by atoms with Gasteiger partial charge in [0.2, 0.25) is 5.91 Å². The summed E-state index contributed by atoms with van der Waals surface area (Å²) in [6, 6.07) is 12.1. The molecule has 7 heteroatoms. The van der Waals surface area contributed by atoms with Crippen LogP contribution in [-0.4, -0.2) is 57.7 Å². The summed E-state index contributed by atoms with van der Waals surface area (Å²) in [5.41, 5.74) is 6.17. The van der Waals surface area contributed by atoms with Crippen LogP contribution in [-0.2, 0) is 17.8 Å². The molecule has 0 bridgehead atoms. The molecule has 3 rings (SSSR count). The Balaban J connectivity index is 0.00000341. The van der Waals surface area contributed by atoms with Gasteiger partial charge in [0.1, 0.15) is 0 Å². The molecule has 1 amide bonds. The van der Waals surface area contributed by atoms with Gasteiger partial charge in [-0.3, -0.25) is 9.78 Å². The lowest BCUT2D eigenvalue weighted by Crippen LogP contribution is -2.37. The maximum absolute atomic E-state index is 13.3. The number of aryl methyl sites for hydroxylation is 2. The Hall–Kier alpha value is -2.70. The summed E-state index contributed by atoms with van der Waals surface area (Å²) in [7, 11) is 4.04. The molecule has 2 heterocycles. The highest BCUT2D eigenvalue weighted by atomic mass is 35.5. The van der Waals surface area contributed by atoms with Gasteiger partial charge in [0.05, 0.1) is 17.8 Å². The average Bonchev–Trinajstić information content (AvgIpc) is 3.00. The highest BCUT2D eigenvalue weighted by Crippen LogP contribution is 2.21. The van der Waals surface area contributed by atoms with Crippen LogP contribution in [0, 0.1) is 20.8 Å². The van der Waals surface area contributed by atoms with E-state index in [1.165, 1.54) is 0 Å². The van der Waals surface area contributed by atoms with E-state index in [1.807, 2.05) is 68.0 Å². The standard InChI is InChI=1S/C24H31N5O.ClH/c1-18-9-6-7-11-23(18)29-20(3)22(19(2)26-29)15-24(30)28(14-13-27(4)5)17-21-10-8-12-25-16-21;/h6-12,16H,13-15,17H2,1-5H3;1H. The summed E-state index contributed by atoms with van der Waals surface area (Å²) in [5.74, 6) is 0.108. The number of carbonyl (C=O) groups is 1. The summed E-state index contributed by atoms with van der Waals surface area (Å²) in [4.78, 5) is 21.5. The largest absolute Gasteiger partial charge is 0.337 e. The number of aromatic nitrogens is 3. The zero-order chi connectivity index (χ0) is 21.7. The molecule has 0 aliphatic carbocycles. The average molecular weight is 442 g/mol. The first-order valence-corrected chi connectivity index (χ1v) is 10.3. The SMILES string of the molecule is Cc1ccccc1-n1nc(C)c(CC(=O)N(CCN(C)C)Cc2cccnc2)c1C.Cl. The zero-order valence-electron chi connectivity index (χ0n) is 19.0. The molecule has 0 unspecified atom stereocenters. The fourth-order valence-electron chi connectivity index (χ4n) is 3.55. The smallest absolute Gasteiger partial charge is 0.227 e. The Morgan fingerprint density at radius 1 is 1.03 bits per heavy atom. The number of halogens is 1. The minimum Gasteiger partial charge on any atom is -0.337 e. The summed E-state index contributed by atoms with van der Waals surface area (Å²) in [6.45, 7) is 8.14. The molecule has 0 spiro atoms. The van der Waals surface area contributed by atoms with Crippen LogP contribution in [0.2, 0.25) is 0 Å².